The van der Waals surface area contributed by atoms with E-state index < -0.39 is 0 Å². The Labute approximate surface area is 94.9 Å². The van der Waals surface area contributed by atoms with Gasteiger partial charge < -0.3 is 5.32 Å². The summed E-state index contributed by atoms with van der Waals surface area (Å²) in [6.45, 7) is 7.31. The van der Waals surface area contributed by atoms with E-state index in [4.69, 9.17) is 0 Å². The second-order valence-corrected chi connectivity index (χ2v) is 4.15. The van der Waals surface area contributed by atoms with E-state index in [1.807, 2.05) is 13.0 Å². The molecule has 0 spiro atoms. The van der Waals surface area contributed by atoms with Gasteiger partial charge in [-0.25, -0.2) is 4.98 Å². The lowest BCUT2D eigenvalue weighted by atomic mass is 10.1. The zero-order chi connectivity index (χ0) is 11.5. The number of rotatable bonds is 4. The molecule has 16 heavy (non-hydrogen) atoms. The van der Waals surface area contributed by atoms with Crippen molar-refractivity contribution in [3.8, 4) is 0 Å². The van der Waals surface area contributed by atoms with Crippen LogP contribution in [0.25, 0.3) is 5.78 Å². The number of aryl methyl sites for hydroxylation is 1. The Morgan fingerprint density at radius 2 is 2.31 bits per heavy atom. The summed E-state index contributed by atoms with van der Waals surface area (Å²) in [5, 5.41) is 7.53. The molecule has 5 nitrogen and oxygen atoms in total. The molecule has 0 amide bonds. The number of hydrogen-bond acceptors (Lipinski definition) is 4. The third-order valence-corrected chi connectivity index (χ3v) is 2.71. The van der Waals surface area contributed by atoms with Gasteiger partial charge in [0.25, 0.3) is 5.78 Å². The lowest BCUT2D eigenvalue weighted by Crippen LogP contribution is -2.13. The molecule has 0 radical (unpaired) electrons. The van der Waals surface area contributed by atoms with Crippen molar-refractivity contribution in [2.45, 2.75) is 27.2 Å². The molecule has 2 aromatic heterocycles. The molecule has 86 valence electrons. The largest absolute Gasteiger partial charge is 0.370 e. The van der Waals surface area contributed by atoms with Gasteiger partial charge in [-0.05, 0) is 12.8 Å². The predicted molar refractivity (Wildman–Crippen MR) is 63.5 cm³/mol. The van der Waals surface area contributed by atoms with Gasteiger partial charge in [0, 0.05) is 18.3 Å². The molecule has 0 aromatic carbocycles. The van der Waals surface area contributed by atoms with Crippen LogP contribution in [0, 0.1) is 12.8 Å². The molecule has 5 heteroatoms. The quantitative estimate of drug-likeness (QED) is 0.853. The Balaban J connectivity index is 2.25. The molecule has 0 bridgehead atoms. The average molecular weight is 219 g/mol. The van der Waals surface area contributed by atoms with Crippen molar-refractivity contribution in [1.82, 2.24) is 19.6 Å². The van der Waals surface area contributed by atoms with Crippen molar-refractivity contribution in [2.24, 2.45) is 5.92 Å². The van der Waals surface area contributed by atoms with Gasteiger partial charge in [0.15, 0.2) is 0 Å². The highest BCUT2D eigenvalue weighted by Gasteiger charge is 2.06. The molecule has 0 saturated heterocycles. The fourth-order valence-corrected chi connectivity index (χ4v) is 1.48. The van der Waals surface area contributed by atoms with Gasteiger partial charge in [0.05, 0.1) is 0 Å². The Bertz CT molecular complexity index is 476. The van der Waals surface area contributed by atoms with Crippen LogP contribution in [0.1, 0.15) is 26.0 Å². The maximum absolute atomic E-state index is 4.29. The Kier molecular flexibility index (Phi) is 3.03. The molecule has 2 aromatic rings. The van der Waals surface area contributed by atoms with E-state index >= 15 is 0 Å². The first-order valence-electron chi connectivity index (χ1n) is 5.62. The molecule has 0 aliphatic carbocycles. The summed E-state index contributed by atoms with van der Waals surface area (Å²) in [6.07, 6.45) is 2.69. The molecular weight excluding hydrogens is 202 g/mol. The van der Waals surface area contributed by atoms with E-state index in [1.165, 1.54) is 6.33 Å². The second kappa shape index (κ2) is 4.47. The predicted octanol–water partition coefficient (Wildman–Crippen LogP) is 1.89. The zero-order valence-corrected chi connectivity index (χ0v) is 9.94. The summed E-state index contributed by atoms with van der Waals surface area (Å²) in [5.41, 5.74) is 0.951. The normalized spacial score (nSPS) is 12.9. The summed E-state index contributed by atoms with van der Waals surface area (Å²) >= 11 is 0. The summed E-state index contributed by atoms with van der Waals surface area (Å²) in [7, 11) is 0. The van der Waals surface area contributed by atoms with E-state index in [1.54, 1.807) is 4.52 Å². The lowest BCUT2D eigenvalue weighted by Gasteiger charge is -2.12. The van der Waals surface area contributed by atoms with Crippen molar-refractivity contribution in [1.29, 1.82) is 0 Å². The molecule has 2 heterocycles. The highest BCUT2D eigenvalue weighted by molar-refractivity contribution is 5.44. The molecule has 1 atom stereocenters. The molecule has 2 rings (SSSR count). The second-order valence-electron chi connectivity index (χ2n) is 4.15. The topological polar surface area (TPSA) is 55.1 Å². The molecule has 1 N–H and O–H groups in total. The van der Waals surface area contributed by atoms with E-state index in [0.717, 1.165) is 24.5 Å². The summed E-state index contributed by atoms with van der Waals surface area (Å²) in [6, 6.07) is 1.99. The van der Waals surface area contributed by atoms with E-state index in [9.17, 15) is 0 Å². The van der Waals surface area contributed by atoms with E-state index in [-0.39, 0.29) is 0 Å². The Morgan fingerprint density at radius 1 is 1.50 bits per heavy atom. The zero-order valence-electron chi connectivity index (χ0n) is 9.94. The molecule has 1 unspecified atom stereocenters. The van der Waals surface area contributed by atoms with Crippen molar-refractivity contribution >= 4 is 11.6 Å². The first-order chi connectivity index (χ1) is 7.70. The maximum atomic E-state index is 4.29. The van der Waals surface area contributed by atoms with Crippen molar-refractivity contribution in [3.63, 3.8) is 0 Å². The number of anilines is 1. The average Bonchev–Trinajstić information content (AvgIpc) is 2.73. The number of nitrogens with zero attached hydrogens (tertiary/aromatic N) is 4. The number of nitrogens with one attached hydrogen (secondary N) is 1. The molecule has 0 aliphatic rings. The fraction of sp³-hybridized carbons (Fsp3) is 0.545. The minimum atomic E-state index is 0.645. The highest BCUT2D eigenvalue weighted by atomic mass is 15.3. The van der Waals surface area contributed by atoms with Gasteiger partial charge in [0.1, 0.15) is 12.1 Å². The van der Waals surface area contributed by atoms with Crippen molar-refractivity contribution in [3.05, 3.63) is 18.1 Å². The van der Waals surface area contributed by atoms with Crippen LogP contribution < -0.4 is 5.32 Å². The minimum Gasteiger partial charge on any atom is -0.370 e. The summed E-state index contributed by atoms with van der Waals surface area (Å²) in [5.74, 6) is 2.25. The standard InChI is InChI=1S/C11H17N5/c1-4-8(2)6-12-10-5-9(3)15-11-13-7-14-16(10)11/h5,7-8,12H,4,6H2,1-3H3. The summed E-state index contributed by atoms with van der Waals surface area (Å²) < 4.78 is 1.73. The van der Waals surface area contributed by atoms with Gasteiger partial charge in [-0.15, -0.1) is 0 Å². The fourth-order valence-electron chi connectivity index (χ4n) is 1.48. The van der Waals surface area contributed by atoms with Gasteiger partial charge in [0.2, 0.25) is 0 Å². The first-order valence-corrected chi connectivity index (χ1v) is 5.62. The monoisotopic (exact) mass is 219 g/mol. The van der Waals surface area contributed by atoms with Crippen LogP contribution in [0.3, 0.4) is 0 Å². The van der Waals surface area contributed by atoms with Crippen LogP contribution in [-0.2, 0) is 0 Å². The van der Waals surface area contributed by atoms with Gasteiger partial charge in [-0.2, -0.15) is 14.6 Å². The minimum absolute atomic E-state index is 0.645. The summed E-state index contributed by atoms with van der Waals surface area (Å²) in [4.78, 5) is 8.38. The lowest BCUT2D eigenvalue weighted by molar-refractivity contribution is 0.591. The molecule has 0 fully saturated rings. The van der Waals surface area contributed by atoms with Crippen LogP contribution >= 0.6 is 0 Å². The molecule has 0 aliphatic heterocycles. The van der Waals surface area contributed by atoms with Gasteiger partial charge in [-0.3, -0.25) is 0 Å². The van der Waals surface area contributed by atoms with E-state index in [0.29, 0.717) is 11.7 Å². The smallest absolute Gasteiger partial charge is 0.254 e. The number of aromatic nitrogens is 4. The Morgan fingerprint density at radius 3 is 3.06 bits per heavy atom. The number of fused-ring (bicyclic) bond motifs is 1. The van der Waals surface area contributed by atoms with Crippen molar-refractivity contribution < 1.29 is 0 Å². The third-order valence-electron chi connectivity index (χ3n) is 2.71. The highest BCUT2D eigenvalue weighted by Crippen LogP contribution is 2.11. The van der Waals surface area contributed by atoms with Gasteiger partial charge in [-0.1, -0.05) is 20.3 Å². The van der Waals surface area contributed by atoms with Gasteiger partial charge >= 0.3 is 0 Å². The Hall–Kier alpha value is -1.65. The molecular formula is C11H17N5. The maximum Gasteiger partial charge on any atom is 0.254 e. The van der Waals surface area contributed by atoms with Crippen LogP contribution in [0.5, 0.6) is 0 Å². The number of hydrogen-bond donors (Lipinski definition) is 1. The van der Waals surface area contributed by atoms with Crippen molar-refractivity contribution in [2.75, 3.05) is 11.9 Å². The van der Waals surface area contributed by atoms with Crippen LogP contribution in [0.15, 0.2) is 12.4 Å². The van der Waals surface area contributed by atoms with Crippen LogP contribution in [0.4, 0.5) is 5.82 Å². The van der Waals surface area contributed by atoms with E-state index in [2.05, 4.69) is 34.2 Å². The SMILES string of the molecule is CCC(C)CNc1cc(C)nc2ncnn12. The van der Waals surface area contributed by atoms with Crippen LogP contribution in [-0.4, -0.2) is 26.1 Å². The first kappa shape index (κ1) is 10.9. The third kappa shape index (κ3) is 2.13. The van der Waals surface area contributed by atoms with Crippen LogP contribution in [0.2, 0.25) is 0 Å². The molecule has 0 saturated carbocycles.